The van der Waals surface area contributed by atoms with Gasteiger partial charge in [-0.3, -0.25) is 9.78 Å². The lowest BCUT2D eigenvalue weighted by Gasteiger charge is -2.16. The quantitative estimate of drug-likeness (QED) is 0.907. The third-order valence-corrected chi connectivity index (χ3v) is 4.43. The van der Waals surface area contributed by atoms with Crippen molar-refractivity contribution in [1.82, 2.24) is 10.3 Å². The topological polar surface area (TPSA) is 54.0 Å². The molecule has 0 bridgehead atoms. The molecular weight excluding hydrogens is 282 g/mol. The highest BCUT2D eigenvalue weighted by Gasteiger charge is 2.17. The van der Waals surface area contributed by atoms with Gasteiger partial charge in [0.15, 0.2) is 0 Å². The highest BCUT2D eigenvalue weighted by atomic mass is 32.1. The molecule has 1 atom stereocenters. The summed E-state index contributed by atoms with van der Waals surface area (Å²) in [6.07, 6.45) is 1.62. The average Bonchev–Trinajstić information content (AvgIpc) is 2.77. The highest BCUT2D eigenvalue weighted by molar-refractivity contribution is 7.12. The third-order valence-electron chi connectivity index (χ3n) is 3.45. The number of hydrogen-bond acceptors (Lipinski definition) is 4. The van der Waals surface area contributed by atoms with E-state index in [-0.39, 0.29) is 11.9 Å². The minimum atomic E-state index is -0.109. The Bertz CT molecular complexity index is 664. The second-order valence-corrected chi connectivity index (χ2v) is 6.65. The van der Waals surface area contributed by atoms with E-state index in [2.05, 4.69) is 35.5 Å². The van der Waals surface area contributed by atoms with E-state index in [4.69, 9.17) is 0 Å². The van der Waals surface area contributed by atoms with Crippen LogP contribution in [-0.4, -0.2) is 17.9 Å². The Hall–Kier alpha value is -1.88. The first-order valence-electron chi connectivity index (χ1n) is 6.94. The number of aromatic nitrogens is 1. The van der Waals surface area contributed by atoms with E-state index in [0.717, 1.165) is 11.4 Å². The number of thiophene rings is 1. The molecule has 2 heterocycles. The van der Waals surface area contributed by atoms with Crippen molar-refractivity contribution in [2.24, 2.45) is 0 Å². The first-order valence-corrected chi connectivity index (χ1v) is 7.76. The van der Waals surface area contributed by atoms with Gasteiger partial charge in [0.1, 0.15) is 0 Å². The second kappa shape index (κ2) is 6.26. The Labute approximate surface area is 129 Å². The minimum absolute atomic E-state index is 0.0199. The summed E-state index contributed by atoms with van der Waals surface area (Å²) in [5.74, 6) is -0.109. The zero-order valence-electron chi connectivity index (χ0n) is 13.1. The highest BCUT2D eigenvalue weighted by Crippen LogP contribution is 2.26. The van der Waals surface area contributed by atoms with E-state index in [0.29, 0.717) is 5.56 Å². The monoisotopic (exact) mass is 303 g/mol. The molecule has 2 N–H and O–H groups in total. The summed E-state index contributed by atoms with van der Waals surface area (Å²) in [4.78, 5) is 19.2. The van der Waals surface area contributed by atoms with Crippen LogP contribution in [-0.2, 0) is 0 Å². The van der Waals surface area contributed by atoms with E-state index >= 15 is 0 Å². The maximum atomic E-state index is 12.4. The predicted molar refractivity (Wildman–Crippen MR) is 88.2 cm³/mol. The number of carbonyl (C=O) groups excluding carboxylic acids is 1. The zero-order chi connectivity index (χ0) is 15.6. The Balaban J connectivity index is 2.20. The molecule has 0 aliphatic carbocycles. The lowest BCUT2D eigenvalue weighted by molar-refractivity contribution is 0.0940. The maximum Gasteiger partial charge on any atom is 0.255 e. The number of amides is 1. The van der Waals surface area contributed by atoms with E-state index in [1.165, 1.54) is 15.3 Å². The van der Waals surface area contributed by atoms with Crippen LogP contribution in [0.25, 0.3) is 0 Å². The van der Waals surface area contributed by atoms with Crippen molar-refractivity contribution in [1.29, 1.82) is 0 Å². The average molecular weight is 303 g/mol. The van der Waals surface area contributed by atoms with Crippen molar-refractivity contribution < 1.29 is 4.79 Å². The summed E-state index contributed by atoms with van der Waals surface area (Å²) in [5, 5.41) is 6.10. The smallest absolute Gasteiger partial charge is 0.255 e. The predicted octanol–water partition coefficient (Wildman–Crippen LogP) is 3.60. The Morgan fingerprint density at radius 1 is 1.29 bits per heavy atom. The molecule has 2 aromatic rings. The number of hydrogen-bond donors (Lipinski definition) is 2. The van der Waals surface area contributed by atoms with Crippen molar-refractivity contribution in [3.8, 4) is 0 Å². The van der Waals surface area contributed by atoms with Gasteiger partial charge in [0.2, 0.25) is 0 Å². The van der Waals surface area contributed by atoms with Crippen molar-refractivity contribution in [2.45, 2.75) is 33.7 Å². The first-order chi connectivity index (χ1) is 9.92. The standard InChI is InChI=1S/C16H21N3OS/c1-9-6-15(17-5)14(8-18-9)16(20)19-11(3)13-7-10(2)21-12(13)4/h6-8,11H,1-5H3,(H,17,18)(H,19,20). The van der Waals surface area contributed by atoms with Crippen LogP contribution in [0.2, 0.25) is 0 Å². The maximum absolute atomic E-state index is 12.4. The van der Waals surface area contributed by atoms with Crippen LogP contribution in [0.5, 0.6) is 0 Å². The minimum Gasteiger partial charge on any atom is -0.387 e. The Morgan fingerprint density at radius 2 is 2.00 bits per heavy atom. The number of rotatable bonds is 4. The number of anilines is 1. The van der Waals surface area contributed by atoms with E-state index in [1.54, 1.807) is 24.6 Å². The fourth-order valence-corrected chi connectivity index (χ4v) is 3.40. The number of aryl methyl sites for hydroxylation is 3. The van der Waals surface area contributed by atoms with Gasteiger partial charge in [0.05, 0.1) is 17.3 Å². The molecule has 0 saturated heterocycles. The third kappa shape index (κ3) is 3.42. The molecule has 0 aliphatic rings. The normalized spacial score (nSPS) is 12.0. The molecule has 21 heavy (non-hydrogen) atoms. The van der Waals surface area contributed by atoms with Crippen LogP contribution in [0.4, 0.5) is 5.69 Å². The van der Waals surface area contributed by atoms with Gasteiger partial charge in [0.25, 0.3) is 5.91 Å². The fraction of sp³-hybridized carbons (Fsp3) is 0.375. The molecule has 1 unspecified atom stereocenters. The van der Waals surface area contributed by atoms with Crippen LogP contribution in [0.1, 0.15) is 44.3 Å². The van der Waals surface area contributed by atoms with Gasteiger partial charge >= 0.3 is 0 Å². The molecule has 5 heteroatoms. The number of nitrogens with one attached hydrogen (secondary N) is 2. The van der Waals surface area contributed by atoms with Gasteiger partial charge in [-0.25, -0.2) is 0 Å². The van der Waals surface area contributed by atoms with Crippen molar-refractivity contribution in [3.05, 3.63) is 44.9 Å². The zero-order valence-corrected chi connectivity index (χ0v) is 13.9. The Morgan fingerprint density at radius 3 is 2.57 bits per heavy atom. The van der Waals surface area contributed by atoms with E-state index in [9.17, 15) is 4.79 Å². The summed E-state index contributed by atoms with van der Waals surface area (Å²) in [7, 11) is 1.81. The molecule has 2 rings (SSSR count). The van der Waals surface area contributed by atoms with Crippen LogP contribution < -0.4 is 10.6 Å². The molecular formula is C16H21N3OS. The van der Waals surface area contributed by atoms with Crippen molar-refractivity contribution in [3.63, 3.8) is 0 Å². The molecule has 2 aromatic heterocycles. The molecule has 0 radical (unpaired) electrons. The largest absolute Gasteiger partial charge is 0.387 e. The summed E-state index contributed by atoms with van der Waals surface area (Å²) >= 11 is 1.75. The molecule has 4 nitrogen and oxygen atoms in total. The van der Waals surface area contributed by atoms with Crippen molar-refractivity contribution in [2.75, 3.05) is 12.4 Å². The van der Waals surface area contributed by atoms with Crippen LogP contribution in [0, 0.1) is 20.8 Å². The summed E-state index contributed by atoms with van der Waals surface area (Å²) in [6, 6.07) is 3.99. The molecule has 0 aliphatic heterocycles. The van der Waals surface area contributed by atoms with E-state index < -0.39 is 0 Å². The number of pyridine rings is 1. The van der Waals surface area contributed by atoms with Crippen LogP contribution in [0.3, 0.4) is 0 Å². The SMILES string of the molecule is CNc1cc(C)ncc1C(=O)NC(C)c1cc(C)sc1C. The molecule has 0 saturated carbocycles. The lowest BCUT2D eigenvalue weighted by atomic mass is 10.1. The Kier molecular flexibility index (Phi) is 4.63. The molecule has 1 amide bonds. The van der Waals surface area contributed by atoms with Gasteiger partial charge in [-0.1, -0.05) is 0 Å². The van der Waals surface area contributed by atoms with Gasteiger partial charge in [0, 0.05) is 28.7 Å². The molecule has 0 aromatic carbocycles. The summed E-state index contributed by atoms with van der Waals surface area (Å²) in [6.45, 7) is 8.08. The van der Waals surface area contributed by atoms with Gasteiger partial charge in [-0.05, 0) is 45.4 Å². The van der Waals surface area contributed by atoms with Crippen LogP contribution >= 0.6 is 11.3 Å². The van der Waals surface area contributed by atoms with Gasteiger partial charge in [-0.2, -0.15) is 0 Å². The molecule has 0 fully saturated rings. The summed E-state index contributed by atoms with van der Waals surface area (Å²) in [5.41, 5.74) is 3.43. The number of carbonyl (C=O) groups is 1. The first kappa shape index (κ1) is 15.5. The number of nitrogens with zero attached hydrogens (tertiary/aromatic N) is 1. The van der Waals surface area contributed by atoms with Gasteiger partial charge in [-0.15, -0.1) is 11.3 Å². The molecule has 112 valence electrons. The lowest BCUT2D eigenvalue weighted by Crippen LogP contribution is -2.27. The summed E-state index contributed by atoms with van der Waals surface area (Å²) < 4.78 is 0. The second-order valence-electron chi connectivity index (χ2n) is 5.18. The van der Waals surface area contributed by atoms with E-state index in [1.807, 2.05) is 19.9 Å². The van der Waals surface area contributed by atoms with Gasteiger partial charge < -0.3 is 10.6 Å². The molecule has 0 spiro atoms. The fourth-order valence-electron chi connectivity index (χ4n) is 2.38. The van der Waals surface area contributed by atoms with Crippen molar-refractivity contribution >= 4 is 22.9 Å². The van der Waals surface area contributed by atoms with Crippen LogP contribution in [0.15, 0.2) is 18.3 Å².